The van der Waals surface area contributed by atoms with E-state index in [0.717, 1.165) is 45.2 Å². The number of carbonyl (C=O) groups excluding carboxylic acids is 2. The molecule has 0 unspecified atom stereocenters. The predicted molar refractivity (Wildman–Crippen MR) is 134 cm³/mol. The molecule has 2 saturated heterocycles. The monoisotopic (exact) mass is 542 g/mol. The van der Waals surface area contributed by atoms with E-state index < -0.39 is 0 Å². The quantitative estimate of drug-likeness (QED) is 0.239. The molecule has 9 heteroatoms. The number of aliphatic imine (C=N–C) groups is 1. The van der Waals surface area contributed by atoms with Crippen molar-refractivity contribution in [2.45, 2.75) is 33.2 Å². The summed E-state index contributed by atoms with van der Waals surface area (Å²) in [6.07, 6.45) is 0. The fourth-order valence-corrected chi connectivity index (χ4v) is 3.75. The van der Waals surface area contributed by atoms with E-state index in [9.17, 15) is 9.59 Å². The zero-order chi connectivity index (χ0) is 21.5. The molecular formula is C22H35IN6O2. The Bertz CT molecular complexity index is 744. The summed E-state index contributed by atoms with van der Waals surface area (Å²) in [6, 6.07) is 8.62. The fraction of sp³-hybridized carbons (Fsp3) is 0.591. The standard InChI is InChI=1S/C22H34N6O2.HI/c1-4-23-21(24-9-10-28-20(29)15-25-22(28)30)27-13-11-26(12-14-27)16-18-5-7-19(8-6-18)17(2)3;/h5-8,17H,4,9-16H2,1-3H3,(H,23,24)(H,25,30);1H. The van der Waals surface area contributed by atoms with Gasteiger partial charge in [0, 0.05) is 39.3 Å². The van der Waals surface area contributed by atoms with Gasteiger partial charge in [-0.3, -0.25) is 19.6 Å². The minimum Gasteiger partial charge on any atom is -0.357 e. The minimum absolute atomic E-state index is 0. The summed E-state index contributed by atoms with van der Waals surface area (Å²) in [4.78, 5) is 33.9. The van der Waals surface area contributed by atoms with Gasteiger partial charge in [0.05, 0.1) is 19.6 Å². The molecule has 2 aliphatic rings. The number of benzene rings is 1. The van der Waals surface area contributed by atoms with Gasteiger partial charge in [0.25, 0.3) is 0 Å². The van der Waals surface area contributed by atoms with Crippen molar-refractivity contribution in [1.29, 1.82) is 0 Å². The van der Waals surface area contributed by atoms with Gasteiger partial charge in [-0.15, -0.1) is 24.0 Å². The highest BCUT2D eigenvalue weighted by atomic mass is 127. The third-order valence-corrected chi connectivity index (χ3v) is 5.58. The van der Waals surface area contributed by atoms with E-state index in [1.165, 1.54) is 16.0 Å². The maximum absolute atomic E-state index is 11.7. The lowest BCUT2D eigenvalue weighted by molar-refractivity contribution is -0.124. The molecule has 2 fully saturated rings. The first-order valence-corrected chi connectivity index (χ1v) is 10.9. The number of urea groups is 1. The molecule has 0 bridgehead atoms. The molecule has 172 valence electrons. The first-order valence-electron chi connectivity index (χ1n) is 10.9. The van der Waals surface area contributed by atoms with Gasteiger partial charge in [0.2, 0.25) is 5.91 Å². The van der Waals surface area contributed by atoms with Crippen LogP contribution in [0.5, 0.6) is 0 Å². The number of halogens is 1. The van der Waals surface area contributed by atoms with Crippen LogP contribution in [0, 0.1) is 0 Å². The minimum atomic E-state index is -0.324. The average Bonchev–Trinajstić information content (AvgIpc) is 3.06. The summed E-state index contributed by atoms with van der Waals surface area (Å²) in [5, 5.41) is 5.87. The number of hydrogen-bond donors (Lipinski definition) is 2. The topological polar surface area (TPSA) is 80.3 Å². The summed E-state index contributed by atoms with van der Waals surface area (Å²) < 4.78 is 0. The van der Waals surface area contributed by atoms with E-state index in [0.29, 0.717) is 19.0 Å². The number of guanidine groups is 1. The van der Waals surface area contributed by atoms with Crippen LogP contribution in [0.25, 0.3) is 0 Å². The van der Waals surface area contributed by atoms with Crippen molar-refractivity contribution in [3.05, 3.63) is 35.4 Å². The van der Waals surface area contributed by atoms with Gasteiger partial charge in [0.1, 0.15) is 0 Å². The molecule has 3 amide bonds. The highest BCUT2D eigenvalue weighted by Crippen LogP contribution is 2.16. The van der Waals surface area contributed by atoms with Crippen LogP contribution in [0.4, 0.5) is 4.79 Å². The Morgan fingerprint density at radius 3 is 2.35 bits per heavy atom. The highest BCUT2D eigenvalue weighted by molar-refractivity contribution is 14.0. The van der Waals surface area contributed by atoms with Crippen LogP contribution < -0.4 is 10.6 Å². The average molecular weight is 542 g/mol. The molecule has 2 N–H and O–H groups in total. The van der Waals surface area contributed by atoms with Gasteiger partial charge < -0.3 is 15.5 Å². The Balaban J connectivity index is 0.00000341. The van der Waals surface area contributed by atoms with Crippen LogP contribution in [0.1, 0.15) is 37.8 Å². The Morgan fingerprint density at radius 2 is 1.81 bits per heavy atom. The second-order valence-electron chi connectivity index (χ2n) is 8.10. The number of nitrogens with one attached hydrogen (secondary N) is 2. The lowest BCUT2D eigenvalue weighted by Gasteiger charge is -2.36. The maximum Gasteiger partial charge on any atom is 0.324 e. The Labute approximate surface area is 202 Å². The first kappa shape index (κ1) is 25.4. The molecule has 0 radical (unpaired) electrons. The molecule has 0 saturated carbocycles. The van der Waals surface area contributed by atoms with E-state index in [1.807, 2.05) is 6.92 Å². The number of nitrogens with zero attached hydrogens (tertiary/aromatic N) is 4. The van der Waals surface area contributed by atoms with Gasteiger partial charge in [-0.1, -0.05) is 38.1 Å². The molecule has 1 aromatic rings. The van der Waals surface area contributed by atoms with Crippen molar-refractivity contribution in [2.24, 2.45) is 4.99 Å². The Kier molecular flexibility index (Phi) is 10.0. The molecule has 0 atom stereocenters. The number of amides is 3. The summed E-state index contributed by atoms with van der Waals surface area (Å²) in [5.74, 6) is 1.23. The normalized spacial score (nSPS) is 17.7. The van der Waals surface area contributed by atoms with Crippen LogP contribution in [-0.2, 0) is 11.3 Å². The summed E-state index contributed by atoms with van der Waals surface area (Å²) in [5.41, 5.74) is 2.73. The SMILES string of the molecule is CCNC(=NCCN1C(=O)CNC1=O)N1CCN(Cc2ccc(C(C)C)cc2)CC1.I. The van der Waals surface area contributed by atoms with E-state index in [1.54, 1.807) is 0 Å². The zero-order valence-electron chi connectivity index (χ0n) is 18.8. The first-order chi connectivity index (χ1) is 14.5. The predicted octanol–water partition coefficient (Wildman–Crippen LogP) is 2.06. The Morgan fingerprint density at radius 1 is 1.13 bits per heavy atom. The Hall–Kier alpha value is -1.88. The second kappa shape index (κ2) is 12.2. The molecular weight excluding hydrogens is 507 g/mol. The van der Waals surface area contributed by atoms with E-state index in [4.69, 9.17) is 0 Å². The number of rotatable bonds is 7. The number of hydrogen-bond acceptors (Lipinski definition) is 4. The van der Waals surface area contributed by atoms with Crippen molar-refractivity contribution in [2.75, 3.05) is 52.4 Å². The van der Waals surface area contributed by atoms with Crippen molar-refractivity contribution in [1.82, 2.24) is 25.3 Å². The molecule has 0 aromatic heterocycles. The third-order valence-electron chi connectivity index (χ3n) is 5.58. The molecule has 3 rings (SSSR count). The van der Waals surface area contributed by atoms with Gasteiger partial charge in [-0.25, -0.2) is 4.79 Å². The van der Waals surface area contributed by atoms with Crippen molar-refractivity contribution < 1.29 is 9.59 Å². The largest absolute Gasteiger partial charge is 0.357 e. The lowest BCUT2D eigenvalue weighted by Crippen LogP contribution is -2.52. The van der Waals surface area contributed by atoms with E-state index >= 15 is 0 Å². The highest BCUT2D eigenvalue weighted by Gasteiger charge is 2.27. The number of carbonyl (C=O) groups is 2. The molecule has 0 spiro atoms. The van der Waals surface area contributed by atoms with Crippen molar-refractivity contribution in [3.8, 4) is 0 Å². The molecule has 2 aliphatic heterocycles. The molecule has 1 aromatic carbocycles. The van der Waals surface area contributed by atoms with Crippen molar-refractivity contribution >= 4 is 41.9 Å². The third kappa shape index (κ3) is 7.06. The molecule has 8 nitrogen and oxygen atoms in total. The van der Waals surface area contributed by atoms with Gasteiger partial charge in [0.15, 0.2) is 5.96 Å². The number of imide groups is 1. The molecule has 31 heavy (non-hydrogen) atoms. The smallest absolute Gasteiger partial charge is 0.324 e. The van der Waals surface area contributed by atoms with Crippen LogP contribution in [0.3, 0.4) is 0 Å². The van der Waals surface area contributed by atoms with Crippen LogP contribution in [0.15, 0.2) is 29.3 Å². The van der Waals surface area contributed by atoms with Crippen LogP contribution in [-0.4, -0.2) is 85.0 Å². The zero-order valence-corrected chi connectivity index (χ0v) is 21.1. The summed E-state index contributed by atoms with van der Waals surface area (Å²) in [7, 11) is 0. The molecule has 2 heterocycles. The second-order valence-corrected chi connectivity index (χ2v) is 8.10. The van der Waals surface area contributed by atoms with Crippen LogP contribution >= 0.6 is 24.0 Å². The van der Waals surface area contributed by atoms with Gasteiger partial charge in [-0.2, -0.15) is 0 Å². The lowest BCUT2D eigenvalue weighted by atomic mass is 10.0. The maximum atomic E-state index is 11.7. The van der Waals surface area contributed by atoms with E-state index in [2.05, 4.69) is 63.5 Å². The van der Waals surface area contributed by atoms with Crippen molar-refractivity contribution in [3.63, 3.8) is 0 Å². The summed E-state index contributed by atoms with van der Waals surface area (Å²) >= 11 is 0. The molecule has 0 aliphatic carbocycles. The summed E-state index contributed by atoms with van der Waals surface area (Å²) in [6.45, 7) is 12.8. The van der Waals surface area contributed by atoms with E-state index in [-0.39, 0.29) is 42.5 Å². The van der Waals surface area contributed by atoms with Gasteiger partial charge in [-0.05, 0) is 24.0 Å². The number of piperazine rings is 1. The van der Waals surface area contributed by atoms with Gasteiger partial charge >= 0.3 is 6.03 Å². The fourth-order valence-electron chi connectivity index (χ4n) is 3.75. The van der Waals surface area contributed by atoms with Crippen LogP contribution in [0.2, 0.25) is 0 Å².